The largest absolute Gasteiger partial charge is 0.388 e. The molecule has 14 heavy (non-hydrogen) atoms. The van der Waals surface area contributed by atoms with Gasteiger partial charge in [-0.15, -0.1) is 0 Å². The molecular formula is C6H11N3O5. The van der Waals surface area contributed by atoms with Crippen LogP contribution in [0.3, 0.4) is 0 Å². The first kappa shape index (κ1) is 11.2. The maximum atomic E-state index is 9.32. The molecule has 4 N–H and O–H groups in total. The van der Waals surface area contributed by atoms with E-state index < -0.39 is 30.7 Å². The van der Waals surface area contributed by atoms with Gasteiger partial charge in [-0.25, -0.2) is 0 Å². The first-order chi connectivity index (χ1) is 6.57. The highest BCUT2D eigenvalue weighted by Gasteiger charge is 2.42. The molecule has 0 radical (unpaired) electrons. The van der Waals surface area contributed by atoms with Crippen molar-refractivity contribution >= 4 is 0 Å². The van der Waals surface area contributed by atoms with Gasteiger partial charge in [0, 0.05) is 4.91 Å². The molecule has 0 saturated carbocycles. The number of aliphatic hydroxyl groups excluding tert-OH is 4. The summed E-state index contributed by atoms with van der Waals surface area (Å²) in [6.45, 7) is -0.224. The molecule has 0 aromatic carbocycles. The van der Waals surface area contributed by atoms with E-state index in [1.165, 1.54) is 0 Å². The second-order valence-corrected chi connectivity index (χ2v) is 2.95. The molecular weight excluding hydrogens is 194 g/mol. The molecule has 0 bridgehead atoms. The Bertz CT molecular complexity index is 244. The smallest absolute Gasteiger partial charge is 0.183 e. The number of aliphatic hydroxyl groups is 4. The van der Waals surface area contributed by atoms with Crippen molar-refractivity contribution in [2.24, 2.45) is 5.11 Å². The third kappa shape index (κ3) is 2.13. The lowest BCUT2D eigenvalue weighted by Gasteiger charge is -2.37. The molecule has 80 valence electrons. The SMILES string of the molecule is [N-]=[N+]=NCC1O[C@@H](O)C(O)[C@@H](O)[C@@H]1O. The van der Waals surface area contributed by atoms with Crippen LogP contribution >= 0.6 is 0 Å². The molecule has 8 heteroatoms. The van der Waals surface area contributed by atoms with E-state index in [0.717, 1.165) is 0 Å². The van der Waals surface area contributed by atoms with Crippen LogP contribution in [0.5, 0.6) is 0 Å². The number of azide groups is 1. The Morgan fingerprint density at radius 1 is 1.14 bits per heavy atom. The molecule has 8 nitrogen and oxygen atoms in total. The van der Waals surface area contributed by atoms with Gasteiger partial charge in [0.25, 0.3) is 0 Å². The van der Waals surface area contributed by atoms with Gasteiger partial charge in [-0.05, 0) is 5.53 Å². The zero-order chi connectivity index (χ0) is 10.7. The molecule has 2 unspecified atom stereocenters. The molecule has 0 spiro atoms. The third-order valence-electron chi connectivity index (χ3n) is 2.01. The Morgan fingerprint density at radius 3 is 2.36 bits per heavy atom. The van der Waals surface area contributed by atoms with Gasteiger partial charge < -0.3 is 25.2 Å². The van der Waals surface area contributed by atoms with Crippen LogP contribution in [0.2, 0.25) is 0 Å². The molecule has 1 saturated heterocycles. The second kappa shape index (κ2) is 4.56. The minimum atomic E-state index is -1.59. The molecule has 1 aliphatic rings. The van der Waals surface area contributed by atoms with E-state index >= 15 is 0 Å². The number of ether oxygens (including phenoxy) is 1. The van der Waals surface area contributed by atoms with Crippen molar-refractivity contribution in [3.05, 3.63) is 10.4 Å². The molecule has 1 rings (SSSR count). The van der Waals surface area contributed by atoms with E-state index in [0.29, 0.717) is 0 Å². The monoisotopic (exact) mass is 205 g/mol. The molecule has 5 atom stereocenters. The summed E-state index contributed by atoms with van der Waals surface area (Å²) in [5, 5.41) is 39.8. The van der Waals surface area contributed by atoms with Crippen LogP contribution < -0.4 is 0 Å². The summed E-state index contributed by atoms with van der Waals surface area (Å²) in [6, 6.07) is 0. The average Bonchev–Trinajstić information content (AvgIpc) is 2.18. The maximum absolute atomic E-state index is 9.32. The van der Waals surface area contributed by atoms with Crippen LogP contribution in [-0.2, 0) is 4.74 Å². The first-order valence-electron chi connectivity index (χ1n) is 3.96. The summed E-state index contributed by atoms with van der Waals surface area (Å²) in [5.41, 5.74) is 8.01. The quantitative estimate of drug-likeness (QED) is 0.237. The van der Waals surface area contributed by atoms with Crippen LogP contribution in [0.15, 0.2) is 5.11 Å². The fourth-order valence-corrected chi connectivity index (χ4v) is 1.20. The van der Waals surface area contributed by atoms with E-state index in [1.54, 1.807) is 0 Å². The molecule has 1 aliphatic heterocycles. The highest BCUT2D eigenvalue weighted by Crippen LogP contribution is 2.19. The number of nitrogens with zero attached hydrogens (tertiary/aromatic N) is 3. The second-order valence-electron chi connectivity index (χ2n) is 2.95. The van der Waals surface area contributed by atoms with E-state index in [2.05, 4.69) is 10.0 Å². The van der Waals surface area contributed by atoms with Crippen LogP contribution in [0.25, 0.3) is 10.4 Å². The van der Waals surface area contributed by atoms with Crippen molar-refractivity contribution < 1.29 is 25.2 Å². The fourth-order valence-electron chi connectivity index (χ4n) is 1.20. The summed E-state index contributed by atoms with van der Waals surface area (Å²) >= 11 is 0. The van der Waals surface area contributed by atoms with Gasteiger partial charge in [0.2, 0.25) is 0 Å². The van der Waals surface area contributed by atoms with E-state index in [1.807, 2.05) is 0 Å². The van der Waals surface area contributed by atoms with Gasteiger partial charge in [-0.3, -0.25) is 0 Å². The maximum Gasteiger partial charge on any atom is 0.183 e. The summed E-state index contributed by atoms with van der Waals surface area (Å²) in [4.78, 5) is 2.44. The fraction of sp³-hybridized carbons (Fsp3) is 1.00. The van der Waals surface area contributed by atoms with Gasteiger partial charge >= 0.3 is 0 Å². The molecule has 0 aliphatic carbocycles. The van der Waals surface area contributed by atoms with Crippen LogP contribution in [0.1, 0.15) is 0 Å². The Kier molecular flexibility index (Phi) is 3.64. The predicted octanol–water partition coefficient (Wildman–Crippen LogP) is -1.90. The first-order valence-corrected chi connectivity index (χ1v) is 3.96. The normalized spacial score (nSPS) is 43.0. The van der Waals surface area contributed by atoms with E-state index in [-0.39, 0.29) is 6.54 Å². The van der Waals surface area contributed by atoms with Crippen LogP contribution in [0.4, 0.5) is 0 Å². The minimum Gasteiger partial charge on any atom is -0.388 e. The van der Waals surface area contributed by atoms with Gasteiger partial charge in [-0.1, -0.05) is 5.11 Å². The average molecular weight is 205 g/mol. The lowest BCUT2D eigenvalue weighted by molar-refractivity contribution is -0.279. The minimum absolute atomic E-state index is 0.224. The van der Waals surface area contributed by atoms with Crippen molar-refractivity contribution in [2.75, 3.05) is 6.54 Å². The van der Waals surface area contributed by atoms with Gasteiger partial charge in [-0.2, -0.15) is 0 Å². The highest BCUT2D eigenvalue weighted by molar-refractivity contribution is 4.89. The Hall–Kier alpha value is -0.890. The third-order valence-corrected chi connectivity index (χ3v) is 2.01. The van der Waals surface area contributed by atoms with Crippen molar-refractivity contribution in [3.8, 4) is 0 Å². The summed E-state index contributed by atoms with van der Waals surface area (Å²) in [6.07, 6.45) is -7.07. The van der Waals surface area contributed by atoms with Gasteiger partial charge in [0.15, 0.2) is 6.29 Å². The van der Waals surface area contributed by atoms with E-state index in [4.69, 9.17) is 20.5 Å². The molecule has 1 heterocycles. The van der Waals surface area contributed by atoms with Crippen LogP contribution in [-0.4, -0.2) is 57.7 Å². The molecule has 0 aromatic heterocycles. The zero-order valence-electron chi connectivity index (χ0n) is 7.13. The standard InChI is InChI=1S/C6H11N3O5/c7-9-8-1-2-3(10)4(11)5(12)6(13)14-2/h2-6,10-13H,1H2/t2?,3-,4+,5?,6-/m1/s1. The number of hydrogen-bond donors (Lipinski definition) is 4. The highest BCUT2D eigenvalue weighted by atomic mass is 16.6. The van der Waals surface area contributed by atoms with Gasteiger partial charge in [0.05, 0.1) is 12.6 Å². The Balaban J connectivity index is 2.64. The van der Waals surface area contributed by atoms with E-state index in [9.17, 15) is 10.2 Å². The topological polar surface area (TPSA) is 139 Å². The van der Waals surface area contributed by atoms with Crippen molar-refractivity contribution in [3.63, 3.8) is 0 Å². The number of rotatable bonds is 2. The molecule has 0 amide bonds. The molecule has 0 aromatic rings. The lowest BCUT2D eigenvalue weighted by Crippen LogP contribution is -2.58. The predicted molar refractivity (Wildman–Crippen MR) is 42.9 cm³/mol. The summed E-state index contributed by atoms with van der Waals surface area (Å²) < 4.78 is 4.71. The lowest BCUT2D eigenvalue weighted by atomic mass is 9.99. The summed E-state index contributed by atoms with van der Waals surface area (Å²) in [5.74, 6) is 0. The zero-order valence-corrected chi connectivity index (χ0v) is 7.13. The summed E-state index contributed by atoms with van der Waals surface area (Å²) in [7, 11) is 0. The van der Waals surface area contributed by atoms with Crippen LogP contribution in [0, 0.1) is 0 Å². The van der Waals surface area contributed by atoms with Gasteiger partial charge in [0.1, 0.15) is 18.3 Å². The Morgan fingerprint density at radius 2 is 1.79 bits per heavy atom. The van der Waals surface area contributed by atoms with Crippen molar-refractivity contribution in [1.82, 2.24) is 0 Å². The number of hydrogen-bond acceptors (Lipinski definition) is 6. The Labute approximate surface area is 79.0 Å². The van der Waals surface area contributed by atoms with Crippen molar-refractivity contribution in [1.29, 1.82) is 0 Å². The van der Waals surface area contributed by atoms with Crippen molar-refractivity contribution in [2.45, 2.75) is 30.7 Å². The molecule has 1 fully saturated rings.